The lowest BCUT2D eigenvalue weighted by Crippen LogP contribution is -2.19. The second-order valence-electron chi connectivity index (χ2n) is 6.05. The molecule has 0 aliphatic rings. The Hall–Kier alpha value is -3.80. The van der Waals surface area contributed by atoms with Gasteiger partial charge in [0.2, 0.25) is 0 Å². The van der Waals surface area contributed by atoms with E-state index in [0.29, 0.717) is 22.4 Å². The van der Waals surface area contributed by atoms with Crippen LogP contribution in [0.3, 0.4) is 0 Å². The van der Waals surface area contributed by atoms with Gasteiger partial charge in [-0.25, -0.2) is 4.79 Å². The Bertz CT molecular complexity index is 1030. The van der Waals surface area contributed by atoms with Crippen LogP contribution in [0.1, 0.15) is 29.2 Å². The maximum atomic E-state index is 12.6. The molecule has 6 nitrogen and oxygen atoms in total. The molecule has 0 bridgehead atoms. The molecule has 2 aromatic carbocycles. The third-order valence-electron chi connectivity index (χ3n) is 3.86. The molecule has 0 amide bonds. The number of hydrogen-bond acceptors (Lipinski definition) is 6. The van der Waals surface area contributed by atoms with Crippen LogP contribution in [-0.2, 0) is 32.0 Å². The summed E-state index contributed by atoms with van der Waals surface area (Å²) >= 11 is 0. The number of benzene rings is 2. The molecular weight excluding hydrogens is 413 g/mol. The SMILES string of the molecule is CO/N=C(/C(=O)OC)c1ccccc1CO/N=C(\C)C#Cc1ccc(C(F)(F)F)cc1. The average Bonchev–Trinajstić information content (AvgIpc) is 2.75. The number of methoxy groups -OCH3 is 1. The van der Waals surface area contributed by atoms with E-state index in [1.165, 1.54) is 26.4 Å². The summed E-state index contributed by atoms with van der Waals surface area (Å²) in [6.45, 7) is 1.60. The summed E-state index contributed by atoms with van der Waals surface area (Å²) in [5.41, 5.74) is 1.03. The molecule has 162 valence electrons. The Kier molecular flexibility index (Phi) is 8.20. The van der Waals surface area contributed by atoms with E-state index in [-0.39, 0.29) is 12.3 Å². The van der Waals surface area contributed by atoms with Crippen molar-refractivity contribution in [2.24, 2.45) is 10.3 Å². The van der Waals surface area contributed by atoms with Crippen molar-refractivity contribution in [3.05, 3.63) is 70.8 Å². The summed E-state index contributed by atoms with van der Waals surface area (Å²) in [6.07, 6.45) is -4.39. The van der Waals surface area contributed by atoms with E-state index < -0.39 is 17.7 Å². The van der Waals surface area contributed by atoms with Crippen LogP contribution in [0.25, 0.3) is 0 Å². The van der Waals surface area contributed by atoms with Gasteiger partial charge in [0.25, 0.3) is 0 Å². The number of ether oxygens (including phenoxy) is 1. The molecule has 9 heteroatoms. The molecule has 0 saturated carbocycles. The van der Waals surface area contributed by atoms with Gasteiger partial charge < -0.3 is 14.4 Å². The number of carbonyl (C=O) groups is 1. The number of oxime groups is 2. The second-order valence-corrected chi connectivity index (χ2v) is 6.05. The zero-order valence-electron chi connectivity index (χ0n) is 17.0. The van der Waals surface area contributed by atoms with Crippen LogP contribution in [0.2, 0.25) is 0 Å². The van der Waals surface area contributed by atoms with Crippen molar-refractivity contribution in [1.29, 1.82) is 0 Å². The summed E-state index contributed by atoms with van der Waals surface area (Å²) in [5, 5.41) is 7.59. The molecule has 0 atom stereocenters. The minimum atomic E-state index is -4.39. The van der Waals surface area contributed by atoms with Crippen LogP contribution < -0.4 is 0 Å². The fourth-order valence-corrected chi connectivity index (χ4v) is 2.39. The summed E-state index contributed by atoms with van der Waals surface area (Å²) in [5.74, 6) is 4.75. The minimum Gasteiger partial charge on any atom is -0.464 e. The van der Waals surface area contributed by atoms with E-state index in [0.717, 1.165) is 12.1 Å². The van der Waals surface area contributed by atoms with Crippen LogP contribution in [0.4, 0.5) is 13.2 Å². The molecule has 2 rings (SSSR count). The molecule has 0 N–H and O–H groups in total. The molecule has 0 unspecified atom stereocenters. The van der Waals surface area contributed by atoms with E-state index in [1.807, 2.05) is 0 Å². The first-order chi connectivity index (χ1) is 14.8. The van der Waals surface area contributed by atoms with Crippen molar-refractivity contribution >= 4 is 17.4 Å². The largest absolute Gasteiger partial charge is 0.464 e. The molecule has 0 aliphatic heterocycles. The standard InChI is InChI=1S/C22H19F3N2O4/c1-15(8-9-16-10-12-18(13-11-16)22(23,24)25)26-31-14-17-6-4-5-7-19(17)20(27-30-3)21(28)29-2/h4-7,10-13H,14H2,1-3H3/b26-15+,27-20+. The number of nitrogens with zero attached hydrogens (tertiary/aromatic N) is 2. The molecule has 0 fully saturated rings. The Morgan fingerprint density at radius 3 is 2.32 bits per heavy atom. The van der Waals surface area contributed by atoms with Gasteiger partial charge in [-0.1, -0.05) is 40.5 Å². The van der Waals surface area contributed by atoms with Gasteiger partial charge >= 0.3 is 12.1 Å². The smallest absolute Gasteiger partial charge is 0.416 e. The lowest BCUT2D eigenvalue weighted by atomic mass is 10.0. The normalized spacial score (nSPS) is 11.9. The molecule has 0 aromatic heterocycles. The fourth-order valence-electron chi connectivity index (χ4n) is 2.39. The zero-order valence-corrected chi connectivity index (χ0v) is 17.0. The van der Waals surface area contributed by atoms with Gasteiger partial charge in [0, 0.05) is 16.7 Å². The number of carbonyl (C=O) groups excluding carboxylic acids is 1. The molecule has 2 aromatic rings. The van der Waals surface area contributed by atoms with Crippen LogP contribution in [-0.4, -0.2) is 31.6 Å². The van der Waals surface area contributed by atoms with Crippen LogP contribution in [0, 0.1) is 11.8 Å². The first kappa shape index (κ1) is 23.5. The number of rotatable bonds is 6. The molecule has 0 heterocycles. The highest BCUT2D eigenvalue weighted by molar-refractivity contribution is 6.43. The zero-order chi connectivity index (χ0) is 22.9. The first-order valence-corrected chi connectivity index (χ1v) is 8.89. The van der Waals surface area contributed by atoms with Crippen molar-refractivity contribution in [1.82, 2.24) is 0 Å². The van der Waals surface area contributed by atoms with Gasteiger partial charge in [0.15, 0.2) is 5.71 Å². The Balaban J connectivity index is 2.09. The summed E-state index contributed by atoms with van der Waals surface area (Å²) in [6, 6.07) is 11.3. The third kappa shape index (κ3) is 6.89. The third-order valence-corrected chi connectivity index (χ3v) is 3.86. The van der Waals surface area contributed by atoms with Gasteiger partial charge in [-0.15, -0.1) is 0 Å². The van der Waals surface area contributed by atoms with Crippen molar-refractivity contribution in [2.45, 2.75) is 19.7 Å². The minimum absolute atomic E-state index is 0.00913. The molecule has 0 radical (unpaired) electrons. The monoisotopic (exact) mass is 432 g/mol. The van der Waals surface area contributed by atoms with Crippen molar-refractivity contribution in [2.75, 3.05) is 14.2 Å². The Morgan fingerprint density at radius 1 is 1.03 bits per heavy atom. The first-order valence-electron chi connectivity index (χ1n) is 8.89. The summed E-state index contributed by atoms with van der Waals surface area (Å²) in [4.78, 5) is 22.0. The second kappa shape index (κ2) is 10.8. The van der Waals surface area contributed by atoms with Crippen LogP contribution in [0.15, 0.2) is 58.8 Å². The highest BCUT2D eigenvalue weighted by atomic mass is 19.4. The average molecular weight is 432 g/mol. The van der Waals surface area contributed by atoms with Crippen molar-refractivity contribution in [3.63, 3.8) is 0 Å². The lowest BCUT2D eigenvalue weighted by molar-refractivity contribution is -0.137. The maximum absolute atomic E-state index is 12.6. The predicted molar refractivity (Wildman–Crippen MR) is 108 cm³/mol. The van der Waals surface area contributed by atoms with E-state index in [9.17, 15) is 18.0 Å². The van der Waals surface area contributed by atoms with E-state index in [4.69, 9.17) is 14.4 Å². The number of alkyl halides is 3. The predicted octanol–water partition coefficient (Wildman–Crippen LogP) is 4.17. The quantitative estimate of drug-likeness (QED) is 0.297. The molecule has 31 heavy (non-hydrogen) atoms. The molecular formula is C22H19F3N2O4. The van der Waals surface area contributed by atoms with E-state index in [1.54, 1.807) is 31.2 Å². The molecule has 0 saturated heterocycles. The van der Waals surface area contributed by atoms with Gasteiger partial charge in [0.1, 0.15) is 19.4 Å². The van der Waals surface area contributed by atoms with Crippen LogP contribution >= 0.6 is 0 Å². The fraction of sp³-hybridized carbons (Fsp3) is 0.227. The highest BCUT2D eigenvalue weighted by Crippen LogP contribution is 2.28. The van der Waals surface area contributed by atoms with Crippen molar-refractivity contribution in [3.8, 4) is 11.8 Å². The van der Waals surface area contributed by atoms with E-state index >= 15 is 0 Å². The molecule has 0 spiro atoms. The highest BCUT2D eigenvalue weighted by Gasteiger charge is 2.29. The topological polar surface area (TPSA) is 69.5 Å². The summed E-state index contributed by atoms with van der Waals surface area (Å²) in [7, 11) is 2.54. The molecule has 0 aliphatic carbocycles. The maximum Gasteiger partial charge on any atom is 0.416 e. The number of hydrogen-bond donors (Lipinski definition) is 0. The lowest BCUT2D eigenvalue weighted by Gasteiger charge is -2.09. The Morgan fingerprint density at radius 2 is 1.71 bits per heavy atom. The van der Waals surface area contributed by atoms with Gasteiger partial charge in [0.05, 0.1) is 12.7 Å². The number of esters is 1. The van der Waals surface area contributed by atoms with Gasteiger partial charge in [-0.3, -0.25) is 0 Å². The van der Waals surface area contributed by atoms with Crippen LogP contribution in [0.5, 0.6) is 0 Å². The van der Waals surface area contributed by atoms with Gasteiger partial charge in [-0.2, -0.15) is 13.2 Å². The number of halogens is 3. The Labute approximate surface area is 177 Å². The van der Waals surface area contributed by atoms with Crippen molar-refractivity contribution < 1.29 is 32.4 Å². The van der Waals surface area contributed by atoms with Gasteiger partial charge in [-0.05, 0) is 37.1 Å². The summed E-state index contributed by atoms with van der Waals surface area (Å²) < 4.78 is 42.5. The van der Waals surface area contributed by atoms with E-state index in [2.05, 4.69) is 22.2 Å².